The van der Waals surface area contributed by atoms with Gasteiger partial charge in [-0.3, -0.25) is 0 Å². The van der Waals surface area contributed by atoms with Gasteiger partial charge in [0.2, 0.25) is 0 Å². The number of carbonyl (C=O) groups excluding carboxylic acids is 2. The fraction of sp³-hybridized carbons (Fsp3) is 0.391. The number of rotatable bonds is 4. The van der Waals surface area contributed by atoms with Crippen molar-refractivity contribution in [2.24, 2.45) is 0 Å². The second kappa shape index (κ2) is 8.05. The zero-order valence-electron chi connectivity index (χ0n) is 17.4. The second-order valence-corrected chi connectivity index (χ2v) is 8.60. The third-order valence-electron chi connectivity index (χ3n) is 3.66. The number of fused-ring (bicyclic) bond motifs is 1. The largest absolute Gasteiger partial charge is 0.509 e. The van der Waals surface area contributed by atoms with Gasteiger partial charge in [0.1, 0.15) is 11.2 Å². The molecule has 0 spiro atoms. The number of carbonyl (C=O) groups is 2. The number of hydrogen-bond donors (Lipinski definition) is 0. The molecule has 0 N–H and O–H groups in total. The van der Waals surface area contributed by atoms with E-state index in [4.69, 9.17) is 14.2 Å². The summed E-state index contributed by atoms with van der Waals surface area (Å²) < 4.78 is 16.2. The molecule has 0 saturated carbocycles. The van der Waals surface area contributed by atoms with Gasteiger partial charge in [-0.25, -0.2) is 9.59 Å². The van der Waals surface area contributed by atoms with E-state index in [1.807, 2.05) is 36.4 Å². The van der Waals surface area contributed by atoms with Crippen molar-refractivity contribution in [3.05, 3.63) is 60.2 Å². The first-order valence-electron chi connectivity index (χ1n) is 9.16. The zero-order chi connectivity index (χ0) is 21.1. The fourth-order valence-corrected chi connectivity index (χ4v) is 2.53. The Bertz CT molecular complexity index is 884. The molecule has 2 rings (SSSR count). The summed E-state index contributed by atoms with van der Waals surface area (Å²) in [5.41, 5.74) is -0.783. The Balaban J connectivity index is 2.37. The first-order chi connectivity index (χ1) is 12.9. The predicted octanol–water partition coefficient (Wildman–Crippen LogP) is 5.73. The molecule has 2 aromatic rings. The third kappa shape index (κ3) is 6.12. The van der Waals surface area contributed by atoms with Gasteiger partial charge in [0.15, 0.2) is 6.10 Å². The van der Waals surface area contributed by atoms with E-state index in [2.05, 4.69) is 6.58 Å². The van der Waals surface area contributed by atoms with E-state index in [1.54, 1.807) is 47.6 Å². The van der Waals surface area contributed by atoms with Gasteiger partial charge in [-0.05, 0) is 63.9 Å². The Kier molecular flexibility index (Phi) is 6.17. The maximum atomic E-state index is 12.5. The van der Waals surface area contributed by atoms with E-state index >= 15 is 0 Å². The van der Waals surface area contributed by atoms with Crippen molar-refractivity contribution in [2.75, 3.05) is 0 Å². The summed E-state index contributed by atoms with van der Waals surface area (Å²) in [5, 5.41) is 1.99. The van der Waals surface area contributed by atoms with Crippen LogP contribution in [0.1, 0.15) is 53.2 Å². The van der Waals surface area contributed by atoms with Gasteiger partial charge in [-0.2, -0.15) is 0 Å². The molecule has 5 heteroatoms. The van der Waals surface area contributed by atoms with Gasteiger partial charge >= 0.3 is 12.1 Å². The average Bonchev–Trinajstić information content (AvgIpc) is 2.55. The summed E-state index contributed by atoms with van der Waals surface area (Å²) in [5.74, 6) is -0.630. The highest BCUT2D eigenvalue weighted by Gasteiger charge is 2.30. The van der Waals surface area contributed by atoms with Crippen LogP contribution in [-0.4, -0.2) is 23.3 Å². The van der Waals surface area contributed by atoms with Gasteiger partial charge in [-0.15, -0.1) is 0 Å². The van der Waals surface area contributed by atoms with Crippen molar-refractivity contribution < 1.29 is 23.8 Å². The first-order valence-corrected chi connectivity index (χ1v) is 9.16. The Morgan fingerprint density at radius 3 is 2.00 bits per heavy atom. The molecule has 0 fully saturated rings. The van der Waals surface area contributed by atoms with Crippen molar-refractivity contribution in [1.82, 2.24) is 0 Å². The van der Waals surface area contributed by atoms with Gasteiger partial charge in [0, 0.05) is 0 Å². The molecular formula is C23H28O5. The maximum Gasteiger partial charge on any atom is 0.509 e. The maximum absolute atomic E-state index is 12.5. The van der Waals surface area contributed by atoms with E-state index in [1.165, 1.54) is 0 Å². The quantitative estimate of drug-likeness (QED) is 0.497. The highest BCUT2D eigenvalue weighted by molar-refractivity contribution is 5.90. The zero-order valence-corrected chi connectivity index (χ0v) is 17.4. The molecule has 0 saturated heterocycles. The highest BCUT2D eigenvalue weighted by Crippen LogP contribution is 2.30. The first kappa shape index (κ1) is 21.5. The number of esters is 1. The Morgan fingerprint density at radius 2 is 1.43 bits per heavy atom. The molecule has 28 heavy (non-hydrogen) atoms. The van der Waals surface area contributed by atoms with E-state index in [9.17, 15) is 9.59 Å². The van der Waals surface area contributed by atoms with Gasteiger partial charge in [0.25, 0.3) is 0 Å². The third-order valence-corrected chi connectivity index (χ3v) is 3.66. The minimum absolute atomic E-state index is 0.0241. The van der Waals surface area contributed by atoms with Crippen LogP contribution >= 0.6 is 0 Å². The van der Waals surface area contributed by atoms with Crippen LogP contribution in [0, 0.1) is 0 Å². The minimum atomic E-state index is -1.02. The van der Waals surface area contributed by atoms with Crippen LogP contribution in [-0.2, 0) is 19.0 Å². The van der Waals surface area contributed by atoms with Crippen LogP contribution in [0.3, 0.4) is 0 Å². The summed E-state index contributed by atoms with van der Waals surface area (Å²) in [6.45, 7) is 14.3. The standard InChI is InChI=1S/C23H28O5/c1-15(20(24)27-22(2,3)4)19(26-21(25)28-23(5,6)7)18-13-12-16-10-8-9-11-17(16)14-18/h8-14,19H,1H2,2-7H3. The van der Waals surface area contributed by atoms with E-state index in [0.29, 0.717) is 5.56 Å². The molecule has 0 bridgehead atoms. The Labute approximate surface area is 166 Å². The predicted molar refractivity (Wildman–Crippen MR) is 109 cm³/mol. The van der Waals surface area contributed by atoms with E-state index in [-0.39, 0.29) is 5.57 Å². The summed E-state index contributed by atoms with van der Waals surface area (Å²) >= 11 is 0. The summed E-state index contributed by atoms with van der Waals surface area (Å²) in [6.07, 6.45) is -1.90. The number of hydrogen-bond acceptors (Lipinski definition) is 5. The monoisotopic (exact) mass is 384 g/mol. The minimum Gasteiger partial charge on any atom is -0.457 e. The van der Waals surface area contributed by atoms with Crippen LogP contribution in [0.5, 0.6) is 0 Å². The molecule has 150 valence electrons. The molecule has 0 aliphatic heterocycles. The van der Waals surface area contributed by atoms with Crippen molar-refractivity contribution in [2.45, 2.75) is 58.8 Å². The molecule has 0 heterocycles. The number of ether oxygens (including phenoxy) is 3. The van der Waals surface area contributed by atoms with Crippen LogP contribution < -0.4 is 0 Å². The van der Waals surface area contributed by atoms with Crippen LogP contribution in [0.4, 0.5) is 4.79 Å². The van der Waals surface area contributed by atoms with Gasteiger partial charge in [0.05, 0.1) is 5.57 Å². The highest BCUT2D eigenvalue weighted by atomic mass is 16.7. The summed E-state index contributed by atoms with van der Waals surface area (Å²) in [4.78, 5) is 24.8. The summed E-state index contributed by atoms with van der Waals surface area (Å²) in [6, 6.07) is 13.3. The molecule has 0 aliphatic carbocycles. The average molecular weight is 384 g/mol. The smallest absolute Gasteiger partial charge is 0.457 e. The lowest BCUT2D eigenvalue weighted by Crippen LogP contribution is -2.29. The second-order valence-electron chi connectivity index (χ2n) is 8.60. The molecule has 0 aliphatic rings. The molecule has 0 radical (unpaired) electrons. The lowest BCUT2D eigenvalue weighted by Gasteiger charge is -2.26. The molecule has 0 aromatic heterocycles. The Hall–Kier alpha value is -2.82. The molecule has 1 unspecified atom stereocenters. The van der Waals surface area contributed by atoms with Crippen molar-refractivity contribution in [3.63, 3.8) is 0 Å². The molecule has 0 amide bonds. The van der Waals surface area contributed by atoms with Crippen LogP contribution in [0.25, 0.3) is 10.8 Å². The summed E-state index contributed by atoms with van der Waals surface area (Å²) in [7, 11) is 0. The van der Waals surface area contributed by atoms with Crippen LogP contribution in [0.15, 0.2) is 54.6 Å². The topological polar surface area (TPSA) is 61.8 Å². The SMILES string of the molecule is C=C(C(=O)OC(C)(C)C)C(OC(=O)OC(C)(C)C)c1ccc2ccccc2c1. The lowest BCUT2D eigenvalue weighted by atomic mass is 9.99. The van der Waals surface area contributed by atoms with Gasteiger partial charge in [-0.1, -0.05) is 43.0 Å². The normalized spacial score (nSPS) is 12.9. The Morgan fingerprint density at radius 1 is 0.857 bits per heavy atom. The fourth-order valence-electron chi connectivity index (χ4n) is 2.53. The molecular weight excluding hydrogens is 356 g/mol. The van der Waals surface area contributed by atoms with Gasteiger partial charge < -0.3 is 14.2 Å². The van der Waals surface area contributed by atoms with E-state index in [0.717, 1.165) is 10.8 Å². The molecule has 5 nitrogen and oxygen atoms in total. The molecule has 1 atom stereocenters. The van der Waals surface area contributed by atoms with Crippen molar-refractivity contribution >= 4 is 22.9 Å². The van der Waals surface area contributed by atoms with Crippen molar-refractivity contribution in [1.29, 1.82) is 0 Å². The van der Waals surface area contributed by atoms with Crippen LogP contribution in [0.2, 0.25) is 0 Å². The molecule has 2 aromatic carbocycles. The number of benzene rings is 2. The lowest BCUT2D eigenvalue weighted by molar-refractivity contribution is -0.151. The van der Waals surface area contributed by atoms with Crippen molar-refractivity contribution in [3.8, 4) is 0 Å². The van der Waals surface area contributed by atoms with E-state index < -0.39 is 29.4 Å².